The lowest BCUT2D eigenvalue weighted by Gasteiger charge is -2.11. The molecule has 0 amide bonds. The maximum absolute atomic E-state index is 12.5. The first kappa shape index (κ1) is 19.3. The number of aromatic nitrogens is 4. The van der Waals surface area contributed by atoms with Crippen LogP contribution in [0.2, 0.25) is 0 Å². The molecule has 3 aromatic heterocycles. The molecule has 28 heavy (non-hydrogen) atoms. The Morgan fingerprint density at radius 2 is 1.79 bits per heavy atom. The van der Waals surface area contributed by atoms with Gasteiger partial charge in [-0.2, -0.15) is 8.78 Å². The molecule has 3 heterocycles. The van der Waals surface area contributed by atoms with Gasteiger partial charge >= 0.3 is 6.61 Å². The van der Waals surface area contributed by atoms with Crippen LogP contribution in [-0.4, -0.2) is 39.4 Å². The van der Waals surface area contributed by atoms with Crippen molar-refractivity contribution in [3.05, 3.63) is 59.9 Å². The van der Waals surface area contributed by atoms with Crippen molar-refractivity contribution in [1.82, 2.24) is 19.9 Å². The van der Waals surface area contributed by atoms with Crippen LogP contribution in [0.25, 0.3) is 11.1 Å². The molecule has 0 saturated heterocycles. The topological polar surface area (TPSA) is 87.1 Å². The zero-order chi connectivity index (χ0) is 20.1. The highest BCUT2D eigenvalue weighted by molar-refractivity contribution is 5.90. The summed E-state index contributed by atoms with van der Waals surface area (Å²) in [6.45, 7) is -1.57. The molecular formula is C19H16F2N4O3. The predicted molar refractivity (Wildman–Crippen MR) is 95.5 cm³/mol. The number of ether oxygens (including phenoxy) is 2. The van der Waals surface area contributed by atoms with E-state index in [1.165, 1.54) is 26.3 Å². The minimum atomic E-state index is -2.97. The SMILES string of the molecule is COc1ncc(Cc2cnc(C(C)=O)nc2)cc1-c1ccnc(OC(F)F)c1. The third kappa shape index (κ3) is 4.61. The standard InChI is InChI=1S/C19H16F2N4O3/c1-11(26)17-23-9-13(10-24-17)5-12-6-15(18(27-2)25-8-12)14-3-4-22-16(7-14)28-19(20)21/h3-4,6-10,19H,5H2,1-2H3. The lowest BCUT2D eigenvalue weighted by molar-refractivity contribution is -0.0528. The van der Waals surface area contributed by atoms with E-state index in [4.69, 9.17) is 4.74 Å². The number of pyridine rings is 2. The van der Waals surface area contributed by atoms with Gasteiger partial charge in [0.1, 0.15) is 0 Å². The number of rotatable bonds is 7. The lowest BCUT2D eigenvalue weighted by Crippen LogP contribution is -2.04. The Morgan fingerprint density at radius 3 is 2.43 bits per heavy atom. The summed E-state index contributed by atoms with van der Waals surface area (Å²) in [6.07, 6.45) is 6.63. The Kier molecular flexibility index (Phi) is 5.83. The van der Waals surface area contributed by atoms with Crippen molar-refractivity contribution in [2.24, 2.45) is 0 Å². The summed E-state index contributed by atoms with van der Waals surface area (Å²) < 4.78 is 34.5. The van der Waals surface area contributed by atoms with Gasteiger partial charge in [0.25, 0.3) is 0 Å². The molecule has 3 rings (SSSR count). The molecule has 0 aromatic carbocycles. The molecule has 0 radical (unpaired) electrons. The number of nitrogens with zero attached hydrogens (tertiary/aromatic N) is 4. The molecule has 0 saturated carbocycles. The molecule has 0 spiro atoms. The first-order valence-electron chi connectivity index (χ1n) is 8.22. The third-order valence-electron chi connectivity index (χ3n) is 3.79. The summed E-state index contributed by atoms with van der Waals surface area (Å²) in [6, 6.07) is 4.86. The van der Waals surface area contributed by atoms with E-state index in [1.54, 1.807) is 24.7 Å². The third-order valence-corrected chi connectivity index (χ3v) is 3.79. The van der Waals surface area contributed by atoms with Crippen molar-refractivity contribution in [2.45, 2.75) is 20.0 Å². The zero-order valence-electron chi connectivity index (χ0n) is 15.1. The molecule has 0 fully saturated rings. The quantitative estimate of drug-likeness (QED) is 0.576. The summed E-state index contributed by atoms with van der Waals surface area (Å²) >= 11 is 0. The fraction of sp³-hybridized carbons (Fsp3) is 0.211. The van der Waals surface area contributed by atoms with E-state index in [1.807, 2.05) is 6.07 Å². The van der Waals surface area contributed by atoms with Gasteiger partial charge < -0.3 is 9.47 Å². The summed E-state index contributed by atoms with van der Waals surface area (Å²) in [5, 5.41) is 0. The van der Waals surface area contributed by atoms with E-state index in [0.29, 0.717) is 23.4 Å². The van der Waals surface area contributed by atoms with Gasteiger partial charge in [-0.25, -0.2) is 19.9 Å². The molecule has 7 nitrogen and oxygen atoms in total. The number of alkyl halides is 2. The van der Waals surface area contributed by atoms with Crippen molar-refractivity contribution in [3.8, 4) is 22.9 Å². The number of methoxy groups -OCH3 is 1. The average Bonchev–Trinajstić information content (AvgIpc) is 2.68. The highest BCUT2D eigenvalue weighted by atomic mass is 19.3. The molecule has 0 bridgehead atoms. The van der Waals surface area contributed by atoms with Gasteiger partial charge in [-0.05, 0) is 28.8 Å². The van der Waals surface area contributed by atoms with E-state index < -0.39 is 6.61 Å². The van der Waals surface area contributed by atoms with Crippen molar-refractivity contribution in [1.29, 1.82) is 0 Å². The molecule has 0 N–H and O–H groups in total. The number of carbonyl (C=O) groups is 1. The van der Waals surface area contributed by atoms with Crippen molar-refractivity contribution in [3.63, 3.8) is 0 Å². The van der Waals surface area contributed by atoms with Crippen molar-refractivity contribution >= 4 is 5.78 Å². The number of Topliss-reactive ketones (excluding diaryl/α,β-unsaturated/α-hetero) is 1. The second kappa shape index (κ2) is 8.47. The van der Waals surface area contributed by atoms with Gasteiger partial charge in [-0.15, -0.1) is 0 Å². The number of ketones is 1. The second-order valence-electron chi connectivity index (χ2n) is 5.81. The van der Waals surface area contributed by atoms with Gasteiger partial charge in [-0.1, -0.05) is 0 Å². The predicted octanol–water partition coefficient (Wildman–Crippen LogP) is 3.34. The molecule has 0 aliphatic carbocycles. The Bertz CT molecular complexity index is 981. The minimum Gasteiger partial charge on any atom is -0.481 e. The first-order chi connectivity index (χ1) is 13.5. The van der Waals surface area contributed by atoms with Gasteiger partial charge in [0, 0.05) is 49.8 Å². The molecule has 9 heteroatoms. The summed E-state index contributed by atoms with van der Waals surface area (Å²) in [4.78, 5) is 27.4. The molecule has 0 aliphatic rings. The summed E-state index contributed by atoms with van der Waals surface area (Å²) in [5.74, 6) is 0.0781. The number of carbonyl (C=O) groups excluding carboxylic acids is 1. The Labute approximate surface area is 159 Å². The van der Waals surface area contributed by atoms with Crippen molar-refractivity contribution in [2.75, 3.05) is 7.11 Å². The van der Waals surface area contributed by atoms with Crippen molar-refractivity contribution < 1.29 is 23.0 Å². The molecule has 144 valence electrons. The molecule has 0 unspecified atom stereocenters. The molecule has 0 aliphatic heterocycles. The van der Waals surface area contributed by atoms with Crippen LogP contribution in [0.3, 0.4) is 0 Å². The largest absolute Gasteiger partial charge is 0.481 e. The van der Waals surface area contributed by atoms with Gasteiger partial charge in [0.15, 0.2) is 11.6 Å². The fourth-order valence-corrected chi connectivity index (χ4v) is 2.56. The minimum absolute atomic E-state index is 0.153. The van der Waals surface area contributed by atoms with E-state index in [9.17, 15) is 13.6 Å². The smallest absolute Gasteiger partial charge is 0.388 e. The van der Waals surface area contributed by atoms with Gasteiger partial charge in [0.05, 0.1) is 7.11 Å². The number of hydrogen-bond acceptors (Lipinski definition) is 7. The number of hydrogen-bond donors (Lipinski definition) is 0. The van der Waals surface area contributed by atoms with Crippen LogP contribution < -0.4 is 9.47 Å². The summed E-state index contributed by atoms with van der Waals surface area (Å²) in [7, 11) is 1.47. The van der Waals surface area contributed by atoms with Crippen LogP contribution in [0.4, 0.5) is 8.78 Å². The van der Waals surface area contributed by atoms with E-state index in [0.717, 1.165) is 11.1 Å². The highest BCUT2D eigenvalue weighted by Crippen LogP contribution is 2.31. The van der Waals surface area contributed by atoms with E-state index in [-0.39, 0.29) is 17.5 Å². The molecular weight excluding hydrogens is 370 g/mol. The van der Waals surface area contributed by atoms with Crippen LogP contribution in [0.5, 0.6) is 11.8 Å². The Morgan fingerprint density at radius 1 is 1.07 bits per heavy atom. The van der Waals surface area contributed by atoms with E-state index in [2.05, 4.69) is 24.7 Å². The second-order valence-corrected chi connectivity index (χ2v) is 5.81. The highest BCUT2D eigenvalue weighted by Gasteiger charge is 2.13. The monoisotopic (exact) mass is 386 g/mol. The average molecular weight is 386 g/mol. The van der Waals surface area contributed by atoms with Gasteiger partial charge in [-0.3, -0.25) is 4.79 Å². The summed E-state index contributed by atoms with van der Waals surface area (Å²) in [5.41, 5.74) is 2.78. The zero-order valence-corrected chi connectivity index (χ0v) is 15.1. The number of halogens is 2. The van der Waals surface area contributed by atoms with Crippen LogP contribution in [0.1, 0.15) is 28.7 Å². The van der Waals surface area contributed by atoms with Crippen LogP contribution in [-0.2, 0) is 6.42 Å². The van der Waals surface area contributed by atoms with Gasteiger partial charge in [0.2, 0.25) is 11.8 Å². The van der Waals surface area contributed by atoms with Crippen LogP contribution in [0, 0.1) is 0 Å². The van der Waals surface area contributed by atoms with Crippen LogP contribution >= 0.6 is 0 Å². The molecule has 3 aromatic rings. The Hall–Kier alpha value is -3.49. The lowest BCUT2D eigenvalue weighted by atomic mass is 10.0. The van der Waals surface area contributed by atoms with E-state index >= 15 is 0 Å². The fourth-order valence-electron chi connectivity index (χ4n) is 2.56. The maximum Gasteiger partial charge on any atom is 0.388 e. The first-order valence-corrected chi connectivity index (χ1v) is 8.22. The van der Waals surface area contributed by atoms with Crippen LogP contribution in [0.15, 0.2) is 43.0 Å². The maximum atomic E-state index is 12.5. The Balaban J connectivity index is 1.91. The normalized spacial score (nSPS) is 10.8. The molecule has 0 atom stereocenters.